The number of tetrazole rings is 1. The molecule has 0 radical (unpaired) electrons. The van der Waals surface area contributed by atoms with Crippen LogP contribution in [0.5, 0.6) is 0 Å². The monoisotopic (exact) mass is 268 g/mol. The average Bonchev–Trinajstić information content (AvgIpc) is 2.78. The Bertz CT molecular complexity index is 596. The van der Waals surface area contributed by atoms with Gasteiger partial charge >= 0.3 is 0 Å². The maximum atomic E-state index is 10.7. The van der Waals surface area contributed by atoms with Crippen molar-refractivity contribution in [3.8, 4) is 5.69 Å². The summed E-state index contributed by atoms with van der Waals surface area (Å²) in [6.07, 6.45) is 0. The highest BCUT2D eigenvalue weighted by atomic mass is 35.5. The van der Waals surface area contributed by atoms with Gasteiger partial charge in [-0.1, -0.05) is 11.6 Å². The van der Waals surface area contributed by atoms with Crippen molar-refractivity contribution in [3.63, 3.8) is 0 Å². The number of nitro groups is 1. The Morgan fingerprint density at radius 2 is 2.28 bits per heavy atom. The Morgan fingerprint density at radius 1 is 1.56 bits per heavy atom. The molecule has 0 spiro atoms. The number of hydrogen-bond acceptors (Lipinski definition) is 6. The third-order valence-electron chi connectivity index (χ3n) is 2.27. The summed E-state index contributed by atoms with van der Waals surface area (Å²) in [6, 6.07) is 3.60. The zero-order valence-electron chi connectivity index (χ0n) is 9.32. The van der Waals surface area contributed by atoms with Crippen molar-refractivity contribution in [2.24, 2.45) is 5.73 Å². The fourth-order valence-corrected chi connectivity index (χ4v) is 1.62. The molecule has 94 valence electrons. The molecule has 18 heavy (non-hydrogen) atoms. The number of benzene rings is 1. The molecule has 0 fully saturated rings. The van der Waals surface area contributed by atoms with E-state index in [-0.39, 0.29) is 5.69 Å². The van der Waals surface area contributed by atoms with Gasteiger partial charge in [0.05, 0.1) is 21.7 Å². The van der Waals surface area contributed by atoms with Crippen LogP contribution in [0.3, 0.4) is 0 Å². The van der Waals surface area contributed by atoms with Crippen molar-refractivity contribution < 1.29 is 4.92 Å². The van der Waals surface area contributed by atoms with Gasteiger partial charge in [-0.05, 0) is 23.4 Å². The zero-order valence-corrected chi connectivity index (χ0v) is 10.1. The molecule has 1 aromatic heterocycles. The van der Waals surface area contributed by atoms with Crippen LogP contribution >= 0.6 is 11.6 Å². The standard InChI is InChI=1S/C9H9ClN6O2/c1-5(11)9-12-13-14-15(9)8-4-6(16(17)18)2-3-7(8)10/h2-5H,11H2,1H3. The first-order valence-electron chi connectivity index (χ1n) is 4.99. The van der Waals surface area contributed by atoms with Gasteiger partial charge in [-0.15, -0.1) is 5.10 Å². The van der Waals surface area contributed by atoms with Crippen LogP contribution < -0.4 is 5.73 Å². The predicted molar refractivity (Wildman–Crippen MR) is 63.4 cm³/mol. The molecule has 2 aromatic rings. The number of nitro benzene ring substituents is 1. The molecule has 0 amide bonds. The molecule has 0 aliphatic carbocycles. The summed E-state index contributed by atoms with van der Waals surface area (Å²) in [7, 11) is 0. The van der Waals surface area contributed by atoms with E-state index in [1.165, 1.54) is 22.9 Å². The Hall–Kier alpha value is -2.06. The van der Waals surface area contributed by atoms with Crippen molar-refractivity contribution >= 4 is 17.3 Å². The summed E-state index contributed by atoms with van der Waals surface area (Å²) in [5, 5.41) is 22.0. The molecule has 1 heterocycles. The first-order valence-corrected chi connectivity index (χ1v) is 5.36. The van der Waals surface area contributed by atoms with Crippen LogP contribution in [0.4, 0.5) is 5.69 Å². The van der Waals surface area contributed by atoms with Crippen molar-refractivity contribution in [2.75, 3.05) is 0 Å². The van der Waals surface area contributed by atoms with Crippen LogP contribution in [0, 0.1) is 10.1 Å². The van der Waals surface area contributed by atoms with E-state index < -0.39 is 11.0 Å². The molecule has 0 aliphatic heterocycles. The van der Waals surface area contributed by atoms with Crippen LogP contribution in [0.2, 0.25) is 5.02 Å². The van der Waals surface area contributed by atoms with E-state index >= 15 is 0 Å². The van der Waals surface area contributed by atoms with Gasteiger partial charge in [0.25, 0.3) is 5.69 Å². The molecule has 0 aliphatic rings. The summed E-state index contributed by atoms with van der Waals surface area (Å²) in [5.74, 6) is 0.373. The Labute approximate surface area is 106 Å². The molecule has 0 bridgehead atoms. The molecule has 2 N–H and O–H groups in total. The first-order chi connectivity index (χ1) is 8.50. The summed E-state index contributed by atoms with van der Waals surface area (Å²) in [5.41, 5.74) is 5.93. The van der Waals surface area contributed by atoms with Gasteiger partial charge in [0.15, 0.2) is 5.82 Å². The second-order valence-corrected chi connectivity index (χ2v) is 4.04. The average molecular weight is 269 g/mol. The molecule has 1 aromatic carbocycles. The van der Waals surface area contributed by atoms with Gasteiger partial charge in [-0.3, -0.25) is 10.1 Å². The van der Waals surface area contributed by atoms with Gasteiger partial charge in [0, 0.05) is 12.1 Å². The summed E-state index contributed by atoms with van der Waals surface area (Å²) >= 11 is 5.99. The fourth-order valence-electron chi connectivity index (χ4n) is 1.43. The van der Waals surface area contributed by atoms with E-state index in [0.29, 0.717) is 16.5 Å². The Kier molecular flexibility index (Phi) is 3.21. The zero-order chi connectivity index (χ0) is 13.3. The van der Waals surface area contributed by atoms with Crippen molar-refractivity contribution in [2.45, 2.75) is 13.0 Å². The molecule has 8 nitrogen and oxygen atoms in total. The predicted octanol–water partition coefficient (Wildman–Crippen LogP) is 1.24. The van der Waals surface area contributed by atoms with Crippen LogP contribution in [-0.4, -0.2) is 25.1 Å². The molecule has 1 unspecified atom stereocenters. The molecular weight excluding hydrogens is 260 g/mol. The van der Waals surface area contributed by atoms with Crippen LogP contribution in [0.15, 0.2) is 18.2 Å². The lowest BCUT2D eigenvalue weighted by Gasteiger charge is -2.08. The lowest BCUT2D eigenvalue weighted by atomic mass is 10.2. The largest absolute Gasteiger partial charge is 0.321 e. The van der Waals surface area contributed by atoms with E-state index in [2.05, 4.69) is 15.5 Å². The SMILES string of the molecule is CC(N)c1nnnn1-c1cc([N+](=O)[O-])ccc1Cl. The summed E-state index contributed by atoms with van der Waals surface area (Å²) in [4.78, 5) is 10.2. The summed E-state index contributed by atoms with van der Waals surface area (Å²) in [6.45, 7) is 1.70. The molecule has 0 saturated heterocycles. The van der Waals surface area contributed by atoms with Crippen LogP contribution in [0.1, 0.15) is 18.8 Å². The summed E-state index contributed by atoms with van der Waals surface area (Å²) < 4.78 is 1.29. The highest BCUT2D eigenvalue weighted by Crippen LogP contribution is 2.26. The lowest BCUT2D eigenvalue weighted by molar-refractivity contribution is -0.384. The topological polar surface area (TPSA) is 113 Å². The van der Waals surface area contributed by atoms with Crippen LogP contribution in [0.25, 0.3) is 5.69 Å². The second-order valence-electron chi connectivity index (χ2n) is 3.63. The molecule has 0 saturated carbocycles. The molecule has 1 atom stereocenters. The number of rotatable bonds is 3. The third kappa shape index (κ3) is 2.15. The number of nitrogens with two attached hydrogens (primary N) is 1. The van der Waals surface area contributed by atoms with Gasteiger partial charge in [-0.2, -0.15) is 4.68 Å². The second kappa shape index (κ2) is 4.67. The van der Waals surface area contributed by atoms with Gasteiger partial charge in [-0.25, -0.2) is 0 Å². The van der Waals surface area contributed by atoms with Gasteiger partial charge < -0.3 is 5.73 Å². The number of nitrogens with zero attached hydrogens (tertiary/aromatic N) is 5. The number of halogens is 1. The minimum atomic E-state index is -0.518. The number of non-ortho nitro benzene ring substituents is 1. The van der Waals surface area contributed by atoms with Crippen molar-refractivity contribution in [3.05, 3.63) is 39.2 Å². The minimum absolute atomic E-state index is 0.0967. The highest BCUT2D eigenvalue weighted by molar-refractivity contribution is 6.32. The minimum Gasteiger partial charge on any atom is -0.321 e. The highest BCUT2D eigenvalue weighted by Gasteiger charge is 2.17. The van der Waals surface area contributed by atoms with Gasteiger partial charge in [0.1, 0.15) is 0 Å². The van der Waals surface area contributed by atoms with Crippen LogP contribution in [-0.2, 0) is 0 Å². The smallest absolute Gasteiger partial charge is 0.271 e. The first kappa shape index (κ1) is 12.4. The maximum absolute atomic E-state index is 10.7. The normalized spacial score (nSPS) is 12.4. The van der Waals surface area contributed by atoms with Crippen molar-refractivity contribution in [1.29, 1.82) is 0 Å². The Morgan fingerprint density at radius 3 is 2.89 bits per heavy atom. The van der Waals surface area contributed by atoms with E-state index in [1.54, 1.807) is 6.92 Å². The third-order valence-corrected chi connectivity index (χ3v) is 2.59. The van der Waals surface area contributed by atoms with E-state index in [9.17, 15) is 10.1 Å². The molecule has 2 rings (SSSR count). The molecule has 9 heteroatoms. The number of aromatic nitrogens is 4. The van der Waals surface area contributed by atoms with E-state index in [0.717, 1.165) is 0 Å². The lowest BCUT2D eigenvalue weighted by Crippen LogP contribution is -2.13. The molecular formula is C9H9ClN6O2. The number of hydrogen-bond donors (Lipinski definition) is 1. The fraction of sp³-hybridized carbons (Fsp3) is 0.222. The Balaban J connectivity index is 2.59. The quantitative estimate of drug-likeness (QED) is 0.662. The van der Waals surface area contributed by atoms with Gasteiger partial charge in [0.2, 0.25) is 0 Å². The van der Waals surface area contributed by atoms with Crippen molar-refractivity contribution in [1.82, 2.24) is 20.2 Å². The van der Waals surface area contributed by atoms with E-state index in [1.807, 2.05) is 0 Å². The maximum Gasteiger partial charge on any atom is 0.271 e. The van der Waals surface area contributed by atoms with E-state index in [4.69, 9.17) is 17.3 Å².